The summed E-state index contributed by atoms with van der Waals surface area (Å²) in [4.78, 5) is 26.4. The Morgan fingerprint density at radius 3 is 2.73 bits per heavy atom. The van der Waals surface area contributed by atoms with Gasteiger partial charge in [0, 0.05) is 36.7 Å². The van der Waals surface area contributed by atoms with Crippen molar-refractivity contribution in [3.8, 4) is 11.5 Å². The van der Waals surface area contributed by atoms with E-state index in [-0.39, 0.29) is 24.5 Å². The zero-order chi connectivity index (χ0) is 18.1. The van der Waals surface area contributed by atoms with Gasteiger partial charge in [-0.1, -0.05) is 17.7 Å². The van der Waals surface area contributed by atoms with Gasteiger partial charge in [-0.2, -0.15) is 0 Å². The minimum atomic E-state index is -0.176. The molecule has 1 saturated heterocycles. The third-order valence-corrected chi connectivity index (χ3v) is 4.74. The number of fused-ring (bicyclic) bond motifs is 1. The molecule has 6 heteroatoms. The number of hydrogen-bond acceptors (Lipinski definition) is 4. The SMILES string of the molecule is Cc1ccc(N2CC(CNC(=O)c3ccc4c(c3)OCO4)CC2=O)cc1. The molecule has 6 nitrogen and oxygen atoms in total. The van der Waals surface area contributed by atoms with Crippen LogP contribution in [0.15, 0.2) is 42.5 Å². The molecule has 0 bridgehead atoms. The number of nitrogens with one attached hydrogen (secondary N) is 1. The van der Waals surface area contributed by atoms with E-state index in [1.165, 1.54) is 0 Å². The molecule has 2 aliphatic heterocycles. The van der Waals surface area contributed by atoms with Crippen molar-refractivity contribution in [2.75, 3.05) is 24.8 Å². The van der Waals surface area contributed by atoms with E-state index in [2.05, 4.69) is 5.32 Å². The monoisotopic (exact) mass is 352 g/mol. The number of amides is 2. The topological polar surface area (TPSA) is 67.9 Å². The first kappa shape index (κ1) is 16.4. The maximum atomic E-state index is 12.4. The van der Waals surface area contributed by atoms with Crippen LogP contribution in [0.3, 0.4) is 0 Å². The molecule has 2 aromatic rings. The smallest absolute Gasteiger partial charge is 0.251 e. The Morgan fingerprint density at radius 1 is 1.15 bits per heavy atom. The Balaban J connectivity index is 1.35. The Bertz CT molecular complexity index is 847. The highest BCUT2D eigenvalue weighted by atomic mass is 16.7. The maximum absolute atomic E-state index is 12.4. The summed E-state index contributed by atoms with van der Waals surface area (Å²) in [5.41, 5.74) is 2.59. The zero-order valence-corrected chi connectivity index (χ0v) is 14.5. The predicted molar refractivity (Wildman–Crippen MR) is 96.5 cm³/mol. The normalized spacial score (nSPS) is 18.3. The Morgan fingerprint density at radius 2 is 1.92 bits per heavy atom. The number of carbonyl (C=O) groups excluding carboxylic acids is 2. The summed E-state index contributed by atoms with van der Waals surface area (Å²) in [6, 6.07) is 13.0. The fraction of sp³-hybridized carbons (Fsp3) is 0.300. The van der Waals surface area contributed by atoms with E-state index in [4.69, 9.17) is 9.47 Å². The third kappa shape index (κ3) is 3.22. The molecule has 0 spiro atoms. The van der Waals surface area contributed by atoms with Gasteiger partial charge in [-0.25, -0.2) is 0 Å². The molecule has 0 saturated carbocycles. The van der Waals surface area contributed by atoms with Crippen molar-refractivity contribution in [3.05, 3.63) is 53.6 Å². The Labute approximate surface area is 151 Å². The second kappa shape index (κ2) is 6.71. The van der Waals surface area contributed by atoms with Crippen LogP contribution in [-0.4, -0.2) is 31.7 Å². The molecule has 2 aliphatic rings. The van der Waals surface area contributed by atoms with Crippen molar-refractivity contribution in [2.45, 2.75) is 13.3 Å². The van der Waals surface area contributed by atoms with E-state index in [1.807, 2.05) is 31.2 Å². The highest BCUT2D eigenvalue weighted by molar-refractivity contribution is 5.96. The molecule has 2 heterocycles. The van der Waals surface area contributed by atoms with Crippen LogP contribution in [0.4, 0.5) is 5.69 Å². The van der Waals surface area contributed by atoms with Gasteiger partial charge in [0.1, 0.15) is 0 Å². The second-order valence-corrected chi connectivity index (χ2v) is 6.69. The predicted octanol–water partition coefficient (Wildman–Crippen LogP) is 2.51. The van der Waals surface area contributed by atoms with Gasteiger partial charge in [0.2, 0.25) is 12.7 Å². The molecule has 0 radical (unpaired) electrons. The van der Waals surface area contributed by atoms with Crippen molar-refractivity contribution in [3.63, 3.8) is 0 Å². The highest BCUT2D eigenvalue weighted by Gasteiger charge is 2.30. The summed E-state index contributed by atoms with van der Waals surface area (Å²) in [7, 11) is 0. The molecule has 26 heavy (non-hydrogen) atoms. The molecule has 2 amide bonds. The summed E-state index contributed by atoms with van der Waals surface area (Å²) in [6.45, 7) is 3.27. The Hall–Kier alpha value is -3.02. The van der Waals surface area contributed by atoms with Gasteiger partial charge in [0.25, 0.3) is 5.91 Å². The fourth-order valence-corrected chi connectivity index (χ4v) is 3.27. The van der Waals surface area contributed by atoms with Crippen molar-refractivity contribution in [2.24, 2.45) is 5.92 Å². The molecule has 1 fully saturated rings. The fourth-order valence-electron chi connectivity index (χ4n) is 3.27. The molecule has 2 aromatic carbocycles. The molecule has 0 aromatic heterocycles. The van der Waals surface area contributed by atoms with Crippen LogP contribution in [0.25, 0.3) is 0 Å². The van der Waals surface area contributed by atoms with Crippen LogP contribution in [0, 0.1) is 12.8 Å². The van der Waals surface area contributed by atoms with E-state index < -0.39 is 0 Å². The van der Waals surface area contributed by atoms with Crippen molar-refractivity contribution in [1.29, 1.82) is 0 Å². The van der Waals surface area contributed by atoms with Crippen molar-refractivity contribution in [1.82, 2.24) is 5.32 Å². The minimum absolute atomic E-state index is 0.0937. The van der Waals surface area contributed by atoms with Gasteiger partial charge >= 0.3 is 0 Å². The first-order valence-corrected chi connectivity index (χ1v) is 8.65. The molecule has 0 aliphatic carbocycles. The van der Waals surface area contributed by atoms with Crippen LogP contribution in [0.5, 0.6) is 11.5 Å². The van der Waals surface area contributed by atoms with E-state index in [0.717, 1.165) is 11.3 Å². The summed E-state index contributed by atoms with van der Waals surface area (Å²) in [5.74, 6) is 1.25. The third-order valence-electron chi connectivity index (χ3n) is 4.74. The van der Waals surface area contributed by atoms with E-state index in [0.29, 0.717) is 36.6 Å². The average Bonchev–Trinajstić information content (AvgIpc) is 3.26. The van der Waals surface area contributed by atoms with Gasteiger partial charge in [-0.3, -0.25) is 9.59 Å². The van der Waals surface area contributed by atoms with Gasteiger partial charge in [-0.15, -0.1) is 0 Å². The van der Waals surface area contributed by atoms with Gasteiger partial charge in [-0.05, 0) is 37.3 Å². The summed E-state index contributed by atoms with van der Waals surface area (Å²) in [5, 5.41) is 2.92. The highest BCUT2D eigenvalue weighted by Crippen LogP contribution is 2.32. The van der Waals surface area contributed by atoms with Gasteiger partial charge in [0.05, 0.1) is 0 Å². The van der Waals surface area contributed by atoms with Crippen LogP contribution in [0.1, 0.15) is 22.3 Å². The van der Waals surface area contributed by atoms with Crippen molar-refractivity contribution < 1.29 is 19.1 Å². The number of rotatable bonds is 4. The zero-order valence-electron chi connectivity index (χ0n) is 14.5. The van der Waals surface area contributed by atoms with Gasteiger partial charge in [0.15, 0.2) is 11.5 Å². The van der Waals surface area contributed by atoms with Crippen LogP contribution < -0.4 is 19.7 Å². The molecule has 4 rings (SSSR count). The lowest BCUT2D eigenvalue weighted by molar-refractivity contribution is -0.117. The van der Waals surface area contributed by atoms with E-state index in [1.54, 1.807) is 23.1 Å². The first-order valence-electron chi connectivity index (χ1n) is 8.65. The minimum Gasteiger partial charge on any atom is -0.454 e. The second-order valence-electron chi connectivity index (χ2n) is 6.69. The lowest BCUT2D eigenvalue weighted by Crippen LogP contribution is -2.31. The summed E-state index contributed by atoms with van der Waals surface area (Å²) >= 11 is 0. The lowest BCUT2D eigenvalue weighted by atomic mass is 10.1. The summed E-state index contributed by atoms with van der Waals surface area (Å²) < 4.78 is 10.5. The number of benzene rings is 2. The first-order chi connectivity index (χ1) is 12.6. The van der Waals surface area contributed by atoms with Crippen LogP contribution in [-0.2, 0) is 4.79 Å². The average molecular weight is 352 g/mol. The van der Waals surface area contributed by atoms with Gasteiger partial charge < -0.3 is 19.7 Å². The van der Waals surface area contributed by atoms with Crippen LogP contribution in [0.2, 0.25) is 0 Å². The molecular weight excluding hydrogens is 332 g/mol. The molecule has 1 N–H and O–H groups in total. The molecular formula is C20H20N2O4. The standard InChI is InChI=1S/C20H20N2O4/c1-13-2-5-16(6-3-13)22-11-14(8-19(22)23)10-21-20(24)15-4-7-17-18(9-15)26-12-25-17/h2-7,9,14H,8,10-12H2,1H3,(H,21,24). The number of hydrogen-bond donors (Lipinski definition) is 1. The number of nitrogens with zero attached hydrogens (tertiary/aromatic N) is 1. The number of ether oxygens (including phenoxy) is 2. The molecule has 1 unspecified atom stereocenters. The summed E-state index contributed by atoms with van der Waals surface area (Å²) in [6.07, 6.45) is 0.440. The molecule has 134 valence electrons. The molecule has 1 atom stereocenters. The van der Waals surface area contributed by atoms with Crippen molar-refractivity contribution >= 4 is 17.5 Å². The number of aryl methyl sites for hydroxylation is 1. The quantitative estimate of drug-likeness (QED) is 0.918. The van der Waals surface area contributed by atoms with Crippen LogP contribution >= 0.6 is 0 Å². The Kier molecular flexibility index (Phi) is 4.24. The number of carbonyl (C=O) groups is 2. The maximum Gasteiger partial charge on any atom is 0.251 e. The largest absolute Gasteiger partial charge is 0.454 e. The van der Waals surface area contributed by atoms with E-state index >= 15 is 0 Å². The lowest BCUT2D eigenvalue weighted by Gasteiger charge is -2.17. The number of anilines is 1. The van der Waals surface area contributed by atoms with E-state index in [9.17, 15) is 9.59 Å².